The molecule has 1 nitrogen and oxygen atoms in total. The van der Waals surface area contributed by atoms with Crippen LogP contribution in [0.1, 0.15) is 78.1 Å². The Morgan fingerprint density at radius 2 is 1.81 bits per heavy atom. The van der Waals surface area contributed by atoms with Crippen LogP contribution in [-0.4, -0.2) is 12.6 Å². The summed E-state index contributed by atoms with van der Waals surface area (Å²) in [5.74, 6) is 1.04. The first-order valence-electron chi connectivity index (χ1n) is 7.60. The minimum Gasteiger partial charge on any atom is -0.314 e. The van der Waals surface area contributed by atoms with Gasteiger partial charge in [-0.2, -0.15) is 0 Å². The van der Waals surface area contributed by atoms with E-state index >= 15 is 0 Å². The van der Waals surface area contributed by atoms with E-state index < -0.39 is 0 Å². The average Bonchev–Trinajstić information content (AvgIpc) is 2.78. The minimum absolute atomic E-state index is 0.814. The highest BCUT2D eigenvalue weighted by molar-refractivity contribution is 4.75. The number of hydrogen-bond donors (Lipinski definition) is 1. The van der Waals surface area contributed by atoms with Crippen molar-refractivity contribution < 1.29 is 0 Å². The molecule has 0 radical (unpaired) electrons. The van der Waals surface area contributed by atoms with Crippen LogP contribution in [0, 0.1) is 5.92 Å². The molecule has 0 heterocycles. The molecule has 1 aliphatic carbocycles. The molecule has 96 valence electrons. The molecule has 16 heavy (non-hydrogen) atoms. The van der Waals surface area contributed by atoms with Crippen LogP contribution in [0.25, 0.3) is 0 Å². The summed E-state index contributed by atoms with van der Waals surface area (Å²) in [7, 11) is 0. The van der Waals surface area contributed by atoms with Gasteiger partial charge in [-0.25, -0.2) is 0 Å². The molecule has 1 unspecified atom stereocenters. The van der Waals surface area contributed by atoms with Crippen LogP contribution in [0.5, 0.6) is 0 Å². The third-order valence-electron chi connectivity index (χ3n) is 3.93. The standard InChI is InChI=1S/C15H31N/c1-3-5-6-11-15(16-12-4-2)13-14-9-7-8-10-14/h14-16H,3-13H2,1-2H3. The van der Waals surface area contributed by atoms with Crippen LogP contribution in [-0.2, 0) is 0 Å². The van der Waals surface area contributed by atoms with Gasteiger partial charge in [0.25, 0.3) is 0 Å². The summed E-state index contributed by atoms with van der Waals surface area (Å²) in [6, 6.07) is 0.814. The average molecular weight is 225 g/mol. The molecular weight excluding hydrogens is 194 g/mol. The monoisotopic (exact) mass is 225 g/mol. The fraction of sp³-hybridized carbons (Fsp3) is 1.00. The predicted octanol–water partition coefficient (Wildman–Crippen LogP) is 4.52. The summed E-state index contributed by atoms with van der Waals surface area (Å²) in [4.78, 5) is 0. The van der Waals surface area contributed by atoms with E-state index in [0.29, 0.717) is 0 Å². The second-order valence-electron chi connectivity index (χ2n) is 5.53. The van der Waals surface area contributed by atoms with Crippen molar-refractivity contribution >= 4 is 0 Å². The predicted molar refractivity (Wildman–Crippen MR) is 72.8 cm³/mol. The van der Waals surface area contributed by atoms with Crippen molar-refractivity contribution in [2.75, 3.05) is 6.54 Å². The van der Waals surface area contributed by atoms with Crippen LogP contribution in [0.15, 0.2) is 0 Å². The van der Waals surface area contributed by atoms with E-state index in [1.807, 2.05) is 0 Å². The van der Waals surface area contributed by atoms with E-state index in [4.69, 9.17) is 0 Å². The second-order valence-corrected chi connectivity index (χ2v) is 5.53. The SMILES string of the molecule is CCCCCC(CC1CCCC1)NCCC. The van der Waals surface area contributed by atoms with Gasteiger partial charge >= 0.3 is 0 Å². The van der Waals surface area contributed by atoms with Crippen molar-refractivity contribution in [1.29, 1.82) is 0 Å². The highest BCUT2D eigenvalue weighted by atomic mass is 14.9. The van der Waals surface area contributed by atoms with Gasteiger partial charge < -0.3 is 5.32 Å². The van der Waals surface area contributed by atoms with Crippen LogP contribution < -0.4 is 5.32 Å². The van der Waals surface area contributed by atoms with Gasteiger partial charge in [-0.05, 0) is 31.7 Å². The normalized spacial score (nSPS) is 19.1. The zero-order chi connectivity index (χ0) is 11.6. The maximum atomic E-state index is 3.76. The largest absolute Gasteiger partial charge is 0.314 e. The summed E-state index contributed by atoms with van der Waals surface area (Å²) in [5.41, 5.74) is 0. The Morgan fingerprint density at radius 1 is 1.06 bits per heavy atom. The fourth-order valence-corrected chi connectivity index (χ4v) is 2.94. The first-order chi connectivity index (χ1) is 7.86. The molecule has 0 saturated heterocycles. The Bertz CT molecular complexity index is 150. The van der Waals surface area contributed by atoms with Crippen LogP contribution in [0.4, 0.5) is 0 Å². The van der Waals surface area contributed by atoms with Gasteiger partial charge in [0.15, 0.2) is 0 Å². The van der Waals surface area contributed by atoms with Gasteiger partial charge in [0.05, 0.1) is 0 Å². The molecule has 1 saturated carbocycles. The highest BCUT2D eigenvalue weighted by Crippen LogP contribution is 2.29. The Balaban J connectivity index is 2.18. The number of hydrogen-bond acceptors (Lipinski definition) is 1. The minimum atomic E-state index is 0.814. The lowest BCUT2D eigenvalue weighted by atomic mass is 9.95. The molecule has 0 aliphatic heterocycles. The lowest BCUT2D eigenvalue weighted by molar-refractivity contribution is 0.362. The van der Waals surface area contributed by atoms with Crippen LogP contribution in [0.3, 0.4) is 0 Å². The smallest absolute Gasteiger partial charge is 0.00696 e. The van der Waals surface area contributed by atoms with Crippen molar-refractivity contribution in [3.8, 4) is 0 Å². The molecule has 0 bridgehead atoms. The highest BCUT2D eigenvalue weighted by Gasteiger charge is 2.19. The maximum Gasteiger partial charge on any atom is 0.00696 e. The van der Waals surface area contributed by atoms with Crippen LogP contribution in [0.2, 0.25) is 0 Å². The Labute approximate surface area is 102 Å². The van der Waals surface area contributed by atoms with Crippen LogP contribution >= 0.6 is 0 Å². The topological polar surface area (TPSA) is 12.0 Å². The molecule has 1 aliphatic rings. The zero-order valence-electron chi connectivity index (χ0n) is 11.4. The van der Waals surface area contributed by atoms with Crippen molar-refractivity contribution in [2.45, 2.75) is 84.1 Å². The first-order valence-corrected chi connectivity index (χ1v) is 7.60. The van der Waals surface area contributed by atoms with E-state index in [1.54, 1.807) is 0 Å². The van der Waals surface area contributed by atoms with E-state index in [2.05, 4.69) is 19.2 Å². The van der Waals surface area contributed by atoms with Crippen molar-refractivity contribution in [3.05, 3.63) is 0 Å². The molecular formula is C15H31N. The maximum absolute atomic E-state index is 3.76. The quantitative estimate of drug-likeness (QED) is 0.569. The molecule has 1 heteroatoms. The molecule has 0 aromatic carbocycles. The van der Waals surface area contributed by atoms with E-state index in [-0.39, 0.29) is 0 Å². The van der Waals surface area contributed by atoms with Crippen molar-refractivity contribution in [2.24, 2.45) is 5.92 Å². The third kappa shape index (κ3) is 5.89. The summed E-state index contributed by atoms with van der Waals surface area (Å²) in [6.07, 6.45) is 14.3. The second kappa shape index (κ2) is 9.04. The van der Waals surface area contributed by atoms with Crippen molar-refractivity contribution in [1.82, 2.24) is 5.32 Å². The number of unbranched alkanes of at least 4 members (excludes halogenated alkanes) is 2. The number of rotatable bonds is 9. The number of nitrogens with one attached hydrogen (secondary N) is 1. The van der Waals surface area contributed by atoms with E-state index in [1.165, 1.54) is 70.8 Å². The van der Waals surface area contributed by atoms with Gasteiger partial charge in [-0.3, -0.25) is 0 Å². The Morgan fingerprint density at radius 3 is 2.44 bits per heavy atom. The summed E-state index contributed by atoms with van der Waals surface area (Å²) < 4.78 is 0. The molecule has 0 aromatic rings. The van der Waals surface area contributed by atoms with Gasteiger partial charge in [-0.1, -0.05) is 58.8 Å². The summed E-state index contributed by atoms with van der Waals surface area (Å²) in [5, 5.41) is 3.76. The van der Waals surface area contributed by atoms with Crippen molar-refractivity contribution in [3.63, 3.8) is 0 Å². The van der Waals surface area contributed by atoms with E-state index in [9.17, 15) is 0 Å². The molecule has 0 aromatic heterocycles. The third-order valence-corrected chi connectivity index (χ3v) is 3.93. The fourth-order valence-electron chi connectivity index (χ4n) is 2.94. The Hall–Kier alpha value is -0.0400. The first kappa shape index (κ1) is 14.0. The van der Waals surface area contributed by atoms with Gasteiger partial charge in [0.2, 0.25) is 0 Å². The lowest BCUT2D eigenvalue weighted by Crippen LogP contribution is -2.31. The molecule has 0 spiro atoms. The van der Waals surface area contributed by atoms with Gasteiger partial charge in [0.1, 0.15) is 0 Å². The summed E-state index contributed by atoms with van der Waals surface area (Å²) in [6.45, 7) is 5.78. The molecule has 1 fully saturated rings. The van der Waals surface area contributed by atoms with E-state index in [0.717, 1.165) is 12.0 Å². The summed E-state index contributed by atoms with van der Waals surface area (Å²) >= 11 is 0. The van der Waals surface area contributed by atoms with Gasteiger partial charge in [0, 0.05) is 6.04 Å². The zero-order valence-corrected chi connectivity index (χ0v) is 11.4. The molecule has 0 amide bonds. The lowest BCUT2D eigenvalue weighted by Gasteiger charge is -2.21. The molecule has 1 atom stereocenters. The molecule has 1 rings (SSSR count). The van der Waals surface area contributed by atoms with Gasteiger partial charge in [-0.15, -0.1) is 0 Å². The molecule has 1 N–H and O–H groups in total. The Kier molecular flexibility index (Phi) is 7.92.